The Hall–Kier alpha value is -1.26. The van der Waals surface area contributed by atoms with Crippen LogP contribution < -0.4 is 0 Å². The molecule has 2 aromatic carbocycles. The van der Waals surface area contributed by atoms with Gasteiger partial charge in [-0.15, -0.1) is 23.5 Å². The van der Waals surface area contributed by atoms with Crippen LogP contribution in [0.1, 0.15) is 134 Å². The SMILES string of the molecule is CC.CC.CC(C)C.CC(Sc1ccc(O)c(C(C)(C)C)c1)Sc1cc(C(C)(C)C)c(O)c(C(C)(C)C)c1. The average molecular weight is 565 g/mol. The highest BCUT2D eigenvalue weighted by Crippen LogP contribution is 2.44. The summed E-state index contributed by atoms with van der Waals surface area (Å²) >= 11 is 3.61. The van der Waals surface area contributed by atoms with Crippen molar-refractivity contribution in [2.45, 2.75) is 148 Å². The highest BCUT2D eigenvalue weighted by Gasteiger charge is 2.27. The topological polar surface area (TPSA) is 40.5 Å². The minimum atomic E-state index is -0.129. The van der Waals surface area contributed by atoms with E-state index in [9.17, 15) is 10.2 Å². The summed E-state index contributed by atoms with van der Waals surface area (Å²) in [6, 6.07) is 10.2. The lowest BCUT2D eigenvalue weighted by Crippen LogP contribution is -2.17. The number of hydrogen-bond acceptors (Lipinski definition) is 4. The van der Waals surface area contributed by atoms with Crippen molar-refractivity contribution in [2.75, 3.05) is 0 Å². The lowest BCUT2D eigenvalue weighted by atomic mass is 9.79. The van der Waals surface area contributed by atoms with E-state index in [1.54, 1.807) is 17.8 Å². The first kappa shape index (κ1) is 38.9. The first-order valence-electron chi connectivity index (χ1n) is 14.3. The van der Waals surface area contributed by atoms with Gasteiger partial charge in [0.2, 0.25) is 0 Å². The molecule has 1 unspecified atom stereocenters. The zero-order valence-electron chi connectivity index (χ0n) is 27.8. The number of phenols is 2. The van der Waals surface area contributed by atoms with Crippen LogP contribution in [-0.4, -0.2) is 14.8 Å². The van der Waals surface area contributed by atoms with Crippen molar-refractivity contribution in [3.8, 4) is 11.5 Å². The van der Waals surface area contributed by atoms with E-state index < -0.39 is 0 Å². The molecule has 0 saturated carbocycles. The smallest absolute Gasteiger partial charge is 0.123 e. The molecule has 220 valence electrons. The van der Waals surface area contributed by atoms with E-state index >= 15 is 0 Å². The van der Waals surface area contributed by atoms with Gasteiger partial charge in [-0.3, -0.25) is 0 Å². The largest absolute Gasteiger partial charge is 0.508 e. The number of thioether (sulfide) groups is 2. The molecule has 2 nitrogen and oxygen atoms in total. The Bertz CT molecular complexity index is 905. The van der Waals surface area contributed by atoms with Crippen molar-refractivity contribution in [3.63, 3.8) is 0 Å². The average Bonchev–Trinajstić information content (AvgIpc) is 2.76. The van der Waals surface area contributed by atoms with Gasteiger partial charge in [0.05, 0.1) is 4.58 Å². The second kappa shape index (κ2) is 16.8. The van der Waals surface area contributed by atoms with Crippen LogP contribution in [0.3, 0.4) is 0 Å². The molecule has 0 aliphatic carbocycles. The third-order valence-corrected chi connectivity index (χ3v) is 7.35. The molecule has 4 heteroatoms. The standard InChI is InChI=1S/C26H38O2S2.C4H10.2C2H6/c1-16(29-17-11-12-22(27)19(13-17)24(2,3)4)30-18-14-20(25(5,6)7)23(28)21(15-18)26(8,9)10;1-4(2)3;2*1-2/h11-16,27-28H,1-10H3;4H,1-3H3;2*1-2H3. The van der Waals surface area contributed by atoms with Crippen molar-refractivity contribution in [2.24, 2.45) is 5.92 Å². The first-order valence-corrected chi connectivity index (χ1v) is 16.0. The van der Waals surface area contributed by atoms with Gasteiger partial charge in [-0.1, -0.05) is 111 Å². The molecule has 0 heterocycles. The third kappa shape index (κ3) is 13.7. The zero-order valence-corrected chi connectivity index (χ0v) is 29.4. The van der Waals surface area contributed by atoms with Gasteiger partial charge in [-0.25, -0.2) is 0 Å². The van der Waals surface area contributed by atoms with E-state index in [0.717, 1.165) is 27.5 Å². The van der Waals surface area contributed by atoms with Crippen LogP contribution in [0.4, 0.5) is 0 Å². The molecule has 0 radical (unpaired) electrons. The highest BCUT2D eigenvalue weighted by atomic mass is 32.2. The van der Waals surface area contributed by atoms with Gasteiger partial charge in [-0.2, -0.15) is 0 Å². The van der Waals surface area contributed by atoms with Crippen molar-refractivity contribution in [1.29, 1.82) is 0 Å². The molecule has 0 amide bonds. The summed E-state index contributed by atoms with van der Waals surface area (Å²) in [4.78, 5) is 2.33. The Balaban J connectivity index is 0. The Morgan fingerprint density at radius 1 is 0.553 bits per heavy atom. The van der Waals surface area contributed by atoms with Crippen LogP contribution in [0.5, 0.6) is 11.5 Å². The zero-order chi connectivity index (χ0) is 30.6. The summed E-state index contributed by atoms with van der Waals surface area (Å²) in [5.41, 5.74) is 2.60. The van der Waals surface area contributed by atoms with Gasteiger partial charge in [-0.05, 0) is 59.4 Å². The van der Waals surface area contributed by atoms with Crippen molar-refractivity contribution >= 4 is 23.5 Å². The summed E-state index contributed by atoms with van der Waals surface area (Å²) in [6.45, 7) is 35.9. The predicted molar refractivity (Wildman–Crippen MR) is 177 cm³/mol. The molecule has 0 aliphatic rings. The van der Waals surface area contributed by atoms with Crippen LogP contribution in [0.2, 0.25) is 0 Å². The van der Waals surface area contributed by atoms with Gasteiger partial charge in [0, 0.05) is 26.5 Å². The second-order valence-electron chi connectivity index (χ2n) is 12.8. The van der Waals surface area contributed by atoms with Gasteiger partial charge in [0.15, 0.2) is 0 Å². The van der Waals surface area contributed by atoms with E-state index in [4.69, 9.17) is 0 Å². The van der Waals surface area contributed by atoms with Gasteiger partial charge in [0.1, 0.15) is 11.5 Å². The first-order chi connectivity index (χ1) is 17.2. The number of aromatic hydroxyl groups is 2. The van der Waals surface area contributed by atoms with Crippen molar-refractivity contribution in [1.82, 2.24) is 0 Å². The fourth-order valence-corrected chi connectivity index (χ4v) is 5.75. The van der Waals surface area contributed by atoms with Gasteiger partial charge >= 0.3 is 0 Å². The van der Waals surface area contributed by atoms with Crippen molar-refractivity contribution < 1.29 is 10.2 Å². The number of hydrogen-bond donors (Lipinski definition) is 2. The summed E-state index contributed by atoms with van der Waals surface area (Å²) in [6.07, 6.45) is 0. The lowest BCUT2D eigenvalue weighted by Gasteiger charge is -2.28. The second-order valence-corrected chi connectivity index (χ2v) is 16.0. The minimum Gasteiger partial charge on any atom is -0.508 e. The molecular weight excluding hydrogens is 505 g/mol. The Morgan fingerprint density at radius 2 is 0.868 bits per heavy atom. The lowest BCUT2D eigenvalue weighted by molar-refractivity contribution is 0.422. The molecule has 1 atom stereocenters. The van der Waals surface area contributed by atoms with E-state index in [-0.39, 0.29) is 20.8 Å². The minimum absolute atomic E-state index is 0.1000. The monoisotopic (exact) mass is 564 g/mol. The summed E-state index contributed by atoms with van der Waals surface area (Å²) in [5.74, 6) is 1.61. The molecule has 0 bridgehead atoms. The van der Waals surface area contributed by atoms with Crippen LogP contribution in [-0.2, 0) is 16.2 Å². The number of benzene rings is 2. The molecule has 38 heavy (non-hydrogen) atoms. The molecule has 0 aromatic heterocycles. The van der Waals surface area contributed by atoms with E-state index in [1.165, 1.54) is 4.90 Å². The van der Waals surface area contributed by atoms with E-state index in [1.807, 2.05) is 45.5 Å². The Labute approximate surface area is 245 Å². The maximum absolute atomic E-state index is 10.9. The maximum atomic E-state index is 10.9. The maximum Gasteiger partial charge on any atom is 0.123 e. The van der Waals surface area contributed by atoms with Crippen LogP contribution >= 0.6 is 23.5 Å². The fourth-order valence-electron chi connectivity index (χ4n) is 3.42. The van der Waals surface area contributed by atoms with Gasteiger partial charge in [0.25, 0.3) is 0 Å². The quantitative estimate of drug-likeness (QED) is 0.286. The van der Waals surface area contributed by atoms with Crippen LogP contribution in [0.15, 0.2) is 40.1 Å². The molecule has 2 aromatic rings. The molecule has 0 spiro atoms. The molecule has 0 saturated heterocycles. The normalized spacial score (nSPS) is 12.4. The van der Waals surface area contributed by atoms with Gasteiger partial charge < -0.3 is 10.2 Å². The summed E-state index contributed by atoms with van der Waals surface area (Å²) < 4.78 is 0.285. The molecular formula is C34H60O2S2. The summed E-state index contributed by atoms with van der Waals surface area (Å²) in [5, 5.41) is 21.2. The number of rotatable bonds is 4. The molecule has 0 aliphatic heterocycles. The third-order valence-electron chi connectivity index (χ3n) is 5.08. The highest BCUT2D eigenvalue weighted by molar-refractivity contribution is 8.17. The predicted octanol–water partition coefficient (Wildman–Crippen LogP) is 11.9. The molecule has 0 fully saturated rings. The number of phenolic OH excluding ortho intramolecular Hbond substituents is 2. The van der Waals surface area contributed by atoms with Crippen LogP contribution in [0, 0.1) is 5.92 Å². The Morgan fingerprint density at radius 3 is 1.21 bits per heavy atom. The van der Waals surface area contributed by atoms with Crippen LogP contribution in [0.25, 0.3) is 0 Å². The fraction of sp³-hybridized carbons (Fsp3) is 0.647. The molecule has 2 rings (SSSR count). The van der Waals surface area contributed by atoms with E-state index in [2.05, 4.69) is 108 Å². The summed E-state index contributed by atoms with van der Waals surface area (Å²) in [7, 11) is 0. The molecule has 2 N–H and O–H groups in total. The van der Waals surface area contributed by atoms with E-state index in [0.29, 0.717) is 11.5 Å². The van der Waals surface area contributed by atoms with Crippen molar-refractivity contribution in [3.05, 3.63) is 47.0 Å². The Kier molecular flexibility index (Phi) is 17.1.